The van der Waals surface area contributed by atoms with Gasteiger partial charge in [0.25, 0.3) is 0 Å². The Morgan fingerprint density at radius 2 is 1.70 bits per heavy atom. The summed E-state index contributed by atoms with van der Waals surface area (Å²) in [6, 6.07) is 11.2. The summed E-state index contributed by atoms with van der Waals surface area (Å²) in [7, 11) is -2.57. The number of sulfonamides is 1. The van der Waals surface area contributed by atoms with Gasteiger partial charge in [-0.15, -0.1) is 13.2 Å². The molecule has 14 heteroatoms. The van der Waals surface area contributed by atoms with Crippen molar-refractivity contribution in [3.8, 4) is 5.75 Å². The summed E-state index contributed by atoms with van der Waals surface area (Å²) in [5.74, 6) is 0.903. The Balaban J connectivity index is 1.30. The molecule has 2 aromatic carbocycles. The highest BCUT2D eigenvalue weighted by Crippen LogP contribution is 2.33. The van der Waals surface area contributed by atoms with E-state index < -0.39 is 27.0 Å². The third-order valence-corrected chi connectivity index (χ3v) is 8.66. The van der Waals surface area contributed by atoms with E-state index >= 15 is 0 Å². The van der Waals surface area contributed by atoms with E-state index in [9.17, 15) is 21.6 Å². The molecule has 0 spiro atoms. The monoisotopic (exact) mass is 645 g/mol. The van der Waals surface area contributed by atoms with Crippen molar-refractivity contribution in [3.05, 3.63) is 46.9 Å². The van der Waals surface area contributed by atoms with Gasteiger partial charge >= 0.3 is 6.36 Å². The zero-order chi connectivity index (χ0) is 28.8. The van der Waals surface area contributed by atoms with Crippen molar-refractivity contribution >= 4 is 48.6 Å². The van der Waals surface area contributed by atoms with Crippen molar-refractivity contribution in [1.82, 2.24) is 14.7 Å². The van der Waals surface area contributed by atoms with Crippen LogP contribution in [0.15, 0.2) is 51.8 Å². The molecule has 0 aliphatic heterocycles. The number of nitrogens with zero attached hydrogens (tertiary/aromatic N) is 2. The summed E-state index contributed by atoms with van der Waals surface area (Å²) >= 11 is 3.05. The number of methoxy groups -OCH3 is 1. The third kappa shape index (κ3) is 8.41. The van der Waals surface area contributed by atoms with Gasteiger partial charge in [-0.2, -0.15) is 4.98 Å². The third-order valence-electron chi connectivity index (χ3n) is 6.70. The molecule has 40 heavy (non-hydrogen) atoms. The quantitative estimate of drug-likeness (QED) is 0.220. The zero-order valence-electron chi connectivity index (χ0n) is 21.8. The average Bonchev–Trinajstić information content (AvgIpc) is 2.90. The molecule has 4 rings (SSSR count). The molecule has 0 radical (unpaired) electrons. The van der Waals surface area contributed by atoms with Crippen LogP contribution in [0.2, 0.25) is 0 Å². The number of anilines is 2. The van der Waals surface area contributed by atoms with Gasteiger partial charge in [0, 0.05) is 36.6 Å². The molecule has 1 fully saturated rings. The molecule has 0 amide bonds. The van der Waals surface area contributed by atoms with Crippen LogP contribution in [0.5, 0.6) is 5.75 Å². The molecule has 1 aliphatic carbocycles. The van der Waals surface area contributed by atoms with Crippen molar-refractivity contribution in [2.45, 2.75) is 36.9 Å². The van der Waals surface area contributed by atoms with Crippen LogP contribution in [0, 0.1) is 11.8 Å². The van der Waals surface area contributed by atoms with Crippen LogP contribution in [0.1, 0.15) is 25.7 Å². The summed E-state index contributed by atoms with van der Waals surface area (Å²) < 4.78 is 75.8. The first-order valence-corrected chi connectivity index (χ1v) is 15.1. The Kier molecular flexibility index (Phi) is 10.1. The van der Waals surface area contributed by atoms with Gasteiger partial charge < -0.3 is 20.1 Å². The van der Waals surface area contributed by atoms with Gasteiger partial charge in [0.15, 0.2) is 5.75 Å². The fraction of sp³-hybridized carbons (Fsp3) is 0.462. The molecule has 218 valence electrons. The highest BCUT2D eigenvalue weighted by atomic mass is 79.9. The second-order valence-corrected chi connectivity index (χ2v) is 12.2. The first kappa shape index (κ1) is 30.3. The van der Waals surface area contributed by atoms with Gasteiger partial charge in [0.2, 0.25) is 16.0 Å². The first-order chi connectivity index (χ1) is 19.0. The predicted molar refractivity (Wildman–Crippen MR) is 150 cm³/mol. The normalized spacial score (nSPS) is 18.0. The Labute approximate surface area is 239 Å². The van der Waals surface area contributed by atoms with Gasteiger partial charge in [0.05, 0.1) is 12.1 Å². The summed E-state index contributed by atoms with van der Waals surface area (Å²) in [5, 5.41) is 7.56. The highest BCUT2D eigenvalue weighted by Gasteiger charge is 2.34. The molecule has 0 unspecified atom stereocenters. The first-order valence-electron chi connectivity index (χ1n) is 12.8. The number of nitrogens with one attached hydrogen (secondary N) is 3. The number of alkyl halides is 3. The van der Waals surface area contributed by atoms with Crippen molar-refractivity contribution in [2.75, 3.05) is 44.0 Å². The van der Waals surface area contributed by atoms with Gasteiger partial charge in [-0.25, -0.2) is 18.1 Å². The molecule has 3 N–H and O–H groups in total. The SMILES string of the molecule is COCCNc1nc(NC[C@H]2CC[C@H](CNS(=O)(=O)c3ccc(Br)cc3OC(F)(F)F)CC2)nc2ccccc12. The maximum absolute atomic E-state index is 12.8. The molecule has 1 aliphatic rings. The molecule has 3 aromatic rings. The van der Waals surface area contributed by atoms with E-state index in [1.54, 1.807) is 7.11 Å². The maximum Gasteiger partial charge on any atom is 0.573 e. The highest BCUT2D eigenvalue weighted by molar-refractivity contribution is 9.10. The standard InChI is InChI=1S/C26H31BrF3N5O4S/c1-38-13-12-31-24-20-4-2-3-5-21(20)34-25(35-24)32-15-17-6-8-18(9-7-17)16-33-40(36,37)23-11-10-19(27)14-22(23)39-26(28,29)30/h2-5,10-11,14,17-18,33H,6-9,12-13,15-16H2,1H3,(H2,31,32,34,35)/t17-,18-. The van der Waals surface area contributed by atoms with Crippen LogP contribution in [0.25, 0.3) is 10.9 Å². The van der Waals surface area contributed by atoms with Crippen molar-refractivity contribution in [3.63, 3.8) is 0 Å². The fourth-order valence-electron chi connectivity index (χ4n) is 4.65. The van der Waals surface area contributed by atoms with E-state index in [1.807, 2.05) is 24.3 Å². The van der Waals surface area contributed by atoms with Crippen molar-refractivity contribution in [1.29, 1.82) is 0 Å². The molecule has 9 nitrogen and oxygen atoms in total. The molecule has 1 saturated carbocycles. The second-order valence-electron chi connectivity index (χ2n) is 9.59. The maximum atomic E-state index is 12.8. The van der Waals surface area contributed by atoms with E-state index in [0.717, 1.165) is 54.5 Å². The topological polar surface area (TPSA) is 114 Å². The smallest absolute Gasteiger partial charge is 0.404 e. The minimum atomic E-state index is -5.02. The zero-order valence-corrected chi connectivity index (χ0v) is 24.2. The van der Waals surface area contributed by atoms with Crippen LogP contribution in [0.4, 0.5) is 24.9 Å². The average molecular weight is 647 g/mol. The lowest BCUT2D eigenvalue weighted by Crippen LogP contribution is -2.33. The lowest BCUT2D eigenvalue weighted by Gasteiger charge is -2.28. The minimum absolute atomic E-state index is 0.0713. The van der Waals surface area contributed by atoms with Crippen LogP contribution in [0.3, 0.4) is 0 Å². The molecular weight excluding hydrogens is 615 g/mol. The van der Waals surface area contributed by atoms with Crippen molar-refractivity contribution < 1.29 is 31.1 Å². The number of para-hydroxylation sites is 1. The number of ether oxygens (including phenoxy) is 2. The number of aromatic nitrogens is 2. The van der Waals surface area contributed by atoms with Gasteiger partial charge in [-0.05, 0) is 67.9 Å². The molecular formula is C26H31BrF3N5O4S. The Hall–Kier alpha value is -2.68. The van der Waals surface area contributed by atoms with E-state index in [4.69, 9.17) is 4.74 Å². The number of hydrogen-bond donors (Lipinski definition) is 3. The molecule has 1 heterocycles. The summed E-state index contributed by atoms with van der Waals surface area (Å²) in [6.45, 7) is 1.97. The van der Waals surface area contributed by atoms with E-state index in [1.165, 1.54) is 6.07 Å². The van der Waals surface area contributed by atoms with Crippen LogP contribution in [-0.4, -0.2) is 58.1 Å². The van der Waals surface area contributed by atoms with Crippen molar-refractivity contribution in [2.24, 2.45) is 11.8 Å². The predicted octanol–water partition coefficient (Wildman–Crippen LogP) is 5.55. The largest absolute Gasteiger partial charge is 0.573 e. The summed E-state index contributed by atoms with van der Waals surface area (Å²) in [6.07, 6.45) is -1.72. The van der Waals surface area contributed by atoms with Crippen LogP contribution in [-0.2, 0) is 14.8 Å². The van der Waals surface area contributed by atoms with E-state index in [2.05, 4.69) is 46.0 Å². The Morgan fingerprint density at radius 3 is 2.40 bits per heavy atom. The molecule has 0 saturated heterocycles. The molecule has 0 bridgehead atoms. The van der Waals surface area contributed by atoms with E-state index in [0.29, 0.717) is 31.6 Å². The minimum Gasteiger partial charge on any atom is -0.404 e. The number of hydrogen-bond acceptors (Lipinski definition) is 8. The van der Waals surface area contributed by atoms with E-state index in [-0.39, 0.29) is 16.9 Å². The number of benzene rings is 2. The number of rotatable bonds is 12. The lowest BCUT2D eigenvalue weighted by molar-refractivity contribution is -0.275. The number of fused-ring (bicyclic) bond motifs is 1. The van der Waals surface area contributed by atoms with Gasteiger partial charge in [-0.3, -0.25) is 0 Å². The van der Waals surface area contributed by atoms with Crippen LogP contribution >= 0.6 is 15.9 Å². The van der Waals surface area contributed by atoms with Gasteiger partial charge in [-0.1, -0.05) is 28.1 Å². The number of halogens is 4. The van der Waals surface area contributed by atoms with Crippen LogP contribution < -0.4 is 20.1 Å². The second kappa shape index (κ2) is 13.3. The Bertz CT molecular complexity index is 1400. The lowest BCUT2D eigenvalue weighted by atomic mass is 9.82. The summed E-state index contributed by atoms with van der Waals surface area (Å²) in [4.78, 5) is 8.71. The summed E-state index contributed by atoms with van der Waals surface area (Å²) in [5.41, 5.74) is 0.825. The molecule has 1 aromatic heterocycles. The Morgan fingerprint density at radius 1 is 1.00 bits per heavy atom. The van der Waals surface area contributed by atoms with Gasteiger partial charge in [0.1, 0.15) is 10.7 Å². The fourth-order valence-corrected chi connectivity index (χ4v) is 6.21. The molecule has 0 atom stereocenters.